The predicted molar refractivity (Wildman–Crippen MR) is 131 cm³/mol. The predicted octanol–water partition coefficient (Wildman–Crippen LogP) is 3.30. The Morgan fingerprint density at radius 2 is 1.62 bits per heavy atom. The van der Waals surface area contributed by atoms with Crippen LogP contribution in [-0.2, 0) is 17.9 Å². The van der Waals surface area contributed by atoms with E-state index in [1.165, 1.54) is 6.33 Å². The molecule has 8 nitrogen and oxygen atoms in total. The minimum Gasteiger partial charge on any atom is -0.348 e. The Hall–Kier alpha value is -4.20. The van der Waals surface area contributed by atoms with Crippen LogP contribution in [0, 0.1) is 27.7 Å². The molecule has 2 aromatic carbocycles. The molecule has 2 aromatic heterocycles. The lowest BCUT2D eigenvalue weighted by Gasteiger charge is -2.12. The molecule has 8 heteroatoms. The molecular weight excluding hydrogens is 430 g/mol. The number of aromatic nitrogens is 3. The number of carbonyl (C=O) groups excluding carboxylic acids is 2. The number of carbonyl (C=O) groups is 2. The molecule has 0 bridgehead atoms. The van der Waals surface area contributed by atoms with Crippen LogP contribution >= 0.6 is 0 Å². The van der Waals surface area contributed by atoms with Crippen LogP contribution in [0.3, 0.4) is 0 Å². The number of nitrogens with one attached hydrogen (secondary N) is 2. The summed E-state index contributed by atoms with van der Waals surface area (Å²) < 4.78 is 2.73. The van der Waals surface area contributed by atoms with Gasteiger partial charge in [-0.05, 0) is 49.9 Å². The van der Waals surface area contributed by atoms with Crippen molar-refractivity contribution in [1.82, 2.24) is 19.5 Å². The molecule has 0 aliphatic carbocycles. The summed E-state index contributed by atoms with van der Waals surface area (Å²) in [5.74, 6) is -0.612. The van der Waals surface area contributed by atoms with Gasteiger partial charge in [0.25, 0.3) is 11.5 Å². The Kier molecular flexibility index (Phi) is 6.32. The second-order valence-electron chi connectivity index (χ2n) is 8.38. The Balaban J connectivity index is 1.60. The van der Waals surface area contributed by atoms with Crippen molar-refractivity contribution in [2.24, 2.45) is 0 Å². The van der Waals surface area contributed by atoms with Gasteiger partial charge in [-0.15, -0.1) is 0 Å². The van der Waals surface area contributed by atoms with E-state index in [-0.39, 0.29) is 18.4 Å². The van der Waals surface area contributed by atoms with E-state index in [9.17, 15) is 14.4 Å². The van der Waals surface area contributed by atoms with E-state index < -0.39 is 5.56 Å². The van der Waals surface area contributed by atoms with Gasteiger partial charge in [0, 0.05) is 17.9 Å². The lowest BCUT2D eigenvalue weighted by atomic mass is 10.1. The normalized spacial score (nSPS) is 10.9. The smallest absolute Gasteiger partial charge is 0.291 e. The maximum Gasteiger partial charge on any atom is 0.291 e. The quantitative estimate of drug-likeness (QED) is 0.464. The van der Waals surface area contributed by atoms with Crippen molar-refractivity contribution in [3.05, 3.63) is 98.7 Å². The molecule has 174 valence electrons. The molecule has 0 aliphatic rings. The van der Waals surface area contributed by atoms with Crippen LogP contribution in [0.5, 0.6) is 0 Å². The number of hydrogen-bond donors (Lipinski definition) is 2. The van der Waals surface area contributed by atoms with Crippen LogP contribution in [0.15, 0.2) is 59.7 Å². The van der Waals surface area contributed by atoms with Gasteiger partial charge in [0.2, 0.25) is 5.91 Å². The fourth-order valence-corrected chi connectivity index (χ4v) is 4.20. The van der Waals surface area contributed by atoms with Crippen LogP contribution in [0.25, 0.3) is 5.52 Å². The summed E-state index contributed by atoms with van der Waals surface area (Å²) >= 11 is 0. The molecule has 0 fully saturated rings. The molecule has 4 aromatic rings. The van der Waals surface area contributed by atoms with Crippen molar-refractivity contribution in [2.75, 3.05) is 5.32 Å². The van der Waals surface area contributed by atoms with Gasteiger partial charge in [0.15, 0.2) is 0 Å². The Bertz CT molecular complexity index is 1430. The van der Waals surface area contributed by atoms with Crippen molar-refractivity contribution in [1.29, 1.82) is 0 Å². The lowest BCUT2D eigenvalue weighted by molar-refractivity contribution is -0.117. The van der Waals surface area contributed by atoms with E-state index in [0.717, 1.165) is 27.1 Å². The van der Waals surface area contributed by atoms with Gasteiger partial charge < -0.3 is 10.6 Å². The Labute approximate surface area is 197 Å². The molecule has 0 aliphatic heterocycles. The standard InChI is InChI=1S/C26H27N5O3/c1-16-9-8-10-17(2)23(16)29-21(32)14-31-26(34)24-18(3)22(19(4)30(24)15-28-31)25(33)27-13-20-11-6-5-7-12-20/h5-12,15H,13-14H2,1-4H3,(H,27,33)(H,29,32). The maximum absolute atomic E-state index is 13.2. The van der Waals surface area contributed by atoms with E-state index in [1.54, 1.807) is 18.2 Å². The van der Waals surface area contributed by atoms with Gasteiger partial charge in [-0.1, -0.05) is 48.5 Å². The van der Waals surface area contributed by atoms with Crippen LogP contribution in [0.1, 0.15) is 38.3 Å². The van der Waals surface area contributed by atoms with Crippen LogP contribution in [0.4, 0.5) is 5.69 Å². The number of hydrogen-bond acceptors (Lipinski definition) is 4. The molecule has 0 atom stereocenters. The van der Waals surface area contributed by atoms with Crippen molar-refractivity contribution in [3.8, 4) is 0 Å². The average Bonchev–Trinajstić information content (AvgIpc) is 3.07. The average molecular weight is 458 g/mol. The molecule has 0 saturated carbocycles. The summed E-state index contributed by atoms with van der Waals surface area (Å²) in [6, 6.07) is 15.4. The first kappa shape index (κ1) is 23.0. The first-order valence-corrected chi connectivity index (χ1v) is 11.0. The van der Waals surface area contributed by atoms with E-state index in [4.69, 9.17) is 0 Å². The SMILES string of the molecule is Cc1cccc(C)c1NC(=O)Cn1ncn2c(C)c(C(=O)NCc3ccccc3)c(C)c2c1=O. The first-order chi connectivity index (χ1) is 16.3. The zero-order valence-electron chi connectivity index (χ0n) is 19.7. The first-order valence-electron chi connectivity index (χ1n) is 11.0. The third-order valence-electron chi connectivity index (χ3n) is 6.00. The van der Waals surface area contributed by atoms with Gasteiger partial charge in [-0.25, -0.2) is 4.68 Å². The lowest BCUT2D eigenvalue weighted by Crippen LogP contribution is -2.31. The second kappa shape index (κ2) is 9.35. The minimum absolute atomic E-state index is 0.234. The second-order valence-corrected chi connectivity index (χ2v) is 8.38. The number of amides is 2. The van der Waals surface area contributed by atoms with Gasteiger partial charge >= 0.3 is 0 Å². The fraction of sp³-hybridized carbons (Fsp3) is 0.231. The van der Waals surface area contributed by atoms with Crippen molar-refractivity contribution in [3.63, 3.8) is 0 Å². The molecule has 0 radical (unpaired) electrons. The number of fused-ring (bicyclic) bond motifs is 1. The Morgan fingerprint density at radius 1 is 0.941 bits per heavy atom. The van der Waals surface area contributed by atoms with E-state index in [0.29, 0.717) is 28.9 Å². The van der Waals surface area contributed by atoms with E-state index >= 15 is 0 Å². The highest BCUT2D eigenvalue weighted by atomic mass is 16.2. The van der Waals surface area contributed by atoms with E-state index in [2.05, 4.69) is 15.7 Å². The minimum atomic E-state index is -0.429. The molecule has 34 heavy (non-hydrogen) atoms. The highest BCUT2D eigenvalue weighted by Gasteiger charge is 2.22. The molecule has 0 saturated heterocycles. The number of nitrogens with zero attached hydrogens (tertiary/aromatic N) is 3. The number of anilines is 1. The number of aryl methyl sites for hydroxylation is 4. The molecule has 0 unspecified atom stereocenters. The van der Waals surface area contributed by atoms with Gasteiger partial charge in [-0.3, -0.25) is 18.8 Å². The van der Waals surface area contributed by atoms with Gasteiger partial charge in [-0.2, -0.15) is 5.10 Å². The van der Waals surface area contributed by atoms with Gasteiger partial charge in [0.05, 0.1) is 5.56 Å². The van der Waals surface area contributed by atoms with Crippen molar-refractivity contribution < 1.29 is 9.59 Å². The summed E-state index contributed by atoms with van der Waals surface area (Å²) in [6.45, 7) is 7.49. The summed E-state index contributed by atoms with van der Waals surface area (Å²) in [6.07, 6.45) is 1.47. The zero-order chi connectivity index (χ0) is 24.4. The molecule has 2 N–H and O–H groups in total. The topological polar surface area (TPSA) is 97.5 Å². The molecule has 0 spiro atoms. The molecule has 2 heterocycles. The number of benzene rings is 2. The monoisotopic (exact) mass is 457 g/mol. The van der Waals surface area contributed by atoms with Crippen LogP contribution in [0.2, 0.25) is 0 Å². The largest absolute Gasteiger partial charge is 0.348 e. The number of para-hydroxylation sites is 1. The summed E-state index contributed by atoms with van der Waals surface area (Å²) in [4.78, 5) is 38.8. The van der Waals surface area contributed by atoms with Crippen LogP contribution < -0.4 is 16.2 Å². The zero-order valence-corrected chi connectivity index (χ0v) is 19.7. The number of rotatable bonds is 6. The summed E-state index contributed by atoms with van der Waals surface area (Å²) in [7, 11) is 0. The van der Waals surface area contributed by atoms with Crippen LogP contribution in [-0.4, -0.2) is 26.0 Å². The third kappa shape index (κ3) is 4.34. The summed E-state index contributed by atoms with van der Waals surface area (Å²) in [5, 5.41) is 9.97. The highest BCUT2D eigenvalue weighted by Crippen LogP contribution is 2.21. The van der Waals surface area contributed by atoms with Crippen molar-refractivity contribution >= 4 is 23.0 Å². The molecular formula is C26H27N5O3. The fourth-order valence-electron chi connectivity index (χ4n) is 4.20. The highest BCUT2D eigenvalue weighted by molar-refractivity contribution is 5.99. The summed E-state index contributed by atoms with van der Waals surface area (Å²) in [5.41, 5.74) is 5.10. The third-order valence-corrected chi connectivity index (χ3v) is 6.00. The molecule has 4 rings (SSSR count). The van der Waals surface area contributed by atoms with Gasteiger partial charge in [0.1, 0.15) is 18.4 Å². The molecule has 2 amide bonds. The Morgan fingerprint density at radius 3 is 2.29 bits per heavy atom. The van der Waals surface area contributed by atoms with E-state index in [1.807, 2.05) is 62.4 Å². The maximum atomic E-state index is 13.2. The van der Waals surface area contributed by atoms with Crippen molar-refractivity contribution in [2.45, 2.75) is 40.8 Å².